The molecule has 1 aliphatic carbocycles. The lowest BCUT2D eigenvalue weighted by atomic mass is 10.0. The van der Waals surface area contributed by atoms with E-state index in [9.17, 15) is 4.79 Å². The smallest absolute Gasteiger partial charge is 0.236 e. The maximum Gasteiger partial charge on any atom is 0.236 e. The van der Waals surface area contributed by atoms with Gasteiger partial charge in [0.25, 0.3) is 0 Å². The van der Waals surface area contributed by atoms with Crippen LogP contribution in [0.1, 0.15) is 51.4 Å². The van der Waals surface area contributed by atoms with Crippen molar-refractivity contribution >= 4 is 5.91 Å². The average Bonchev–Trinajstić information content (AvgIpc) is 3.33. The molecule has 0 aromatic heterocycles. The number of hydrogen-bond acceptors (Lipinski definition) is 3. The average molecular weight is 279 g/mol. The van der Waals surface area contributed by atoms with E-state index in [4.69, 9.17) is 0 Å². The Morgan fingerprint density at radius 3 is 2.50 bits per heavy atom. The van der Waals surface area contributed by atoms with Gasteiger partial charge in [-0.25, -0.2) is 0 Å². The molecule has 0 spiro atoms. The van der Waals surface area contributed by atoms with Crippen LogP contribution in [0.5, 0.6) is 0 Å². The summed E-state index contributed by atoms with van der Waals surface area (Å²) in [6.45, 7) is 4.86. The zero-order chi connectivity index (χ0) is 13.8. The minimum absolute atomic E-state index is 0.368. The molecule has 4 nitrogen and oxygen atoms in total. The predicted molar refractivity (Wildman–Crippen MR) is 80.7 cm³/mol. The number of carbonyl (C=O) groups excluding carboxylic acids is 1. The van der Waals surface area contributed by atoms with Gasteiger partial charge in [0, 0.05) is 31.7 Å². The molecule has 0 aromatic carbocycles. The van der Waals surface area contributed by atoms with Crippen molar-refractivity contribution in [1.29, 1.82) is 0 Å². The first-order chi connectivity index (χ1) is 9.83. The molecule has 3 aliphatic rings. The lowest BCUT2D eigenvalue weighted by Crippen LogP contribution is -2.49. The van der Waals surface area contributed by atoms with Crippen LogP contribution in [-0.2, 0) is 4.79 Å². The molecule has 1 saturated carbocycles. The first kappa shape index (κ1) is 14.3. The van der Waals surface area contributed by atoms with Gasteiger partial charge in [-0.15, -0.1) is 0 Å². The van der Waals surface area contributed by atoms with Crippen LogP contribution in [-0.4, -0.2) is 60.5 Å². The predicted octanol–water partition coefficient (Wildman–Crippen LogP) is 1.61. The van der Waals surface area contributed by atoms with E-state index in [0.717, 1.165) is 26.2 Å². The van der Waals surface area contributed by atoms with E-state index in [1.54, 1.807) is 0 Å². The summed E-state index contributed by atoms with van der Waals surface area (Å²) in [4.78, 5) is 17.0. The van der Waals surface area contributed by atoms with Gasteiger partial charge in [-0.1, -0.05) is 6.42 Å². The molecule has 1 amide bonds. The van der Waals surface area contributed by atoms with E-state index in [1.807, 2.05) is 0 Å². The highest BCUT2D eigenvalue weighted by Gasteiger charge is 2.33. The van der Waals surface area contributed by atoms with Crippen LogP contribution >= 0.6 is 0 Å². The molecule has 3 rings (SSSR count). The summed E-state index contributed by atoms with van der Waals surface area (Å²) < 4.78 is 0. The van der Waals surface area contributed by atoms with E-state index >= 15 is 0 Å². The fraction of sp³-hybridized carbons (Fsp3) is 0.938. The monoisotopic (exact) mass is 279 g/mol. The first-order valence-electron chi connectivity index (χ1n) is 8.58. The Morgan fingerprint density at radius 1 is 1.05 bits per heavy atom. The molecule has 114 valence electrons. The molecular weight excluding hydrogens is 250 g/mol. The largest absolute Gasteiger partial charge is 0.342 e. The highest BCUT2D eigenvalue weighted by atomic mass is 16.2. The number of hydrogen-bond donors (Lipinski definition) is 1. The zero-order valence-corrected chi connectivity index (χ0v) is 12.6. The molecule has 1 unspecified atom stereocenters. The minimum Gasteiger partial charge on any atom is -0.342 e. The molecule has 2 aliphatic heterocycles. The second-order valence-electron chi connectivity index (χ2n) is 6.75. The van der Waals surface area contributed by atoms with Crippen molar-refractivity contribution in [3.8, 4) is 0 Å². The third kappa shape index (κ3) is 3.95. The van der Waals surface area contributed by atoms with E-state index in [1.165, 1.54) is 51.4 Å². The van der Waals surface area contributed by atoms with E-state index in [0.29, 0.717) is 24.5 Å². The Bertz CT molecular complexity index is 318. The molecule has 2 heterocycles. The standard InChI is InChI=1S/C16H29N3O/c20-16(18-10-4-1-5-11-18)13-19(15-7-8-15)12-14-6-2-3-9-17-14/h14-15,17H,1-13H2. The normalized spacial score (nSPS) is 27.9. The van der Waals surface area contributed by atoms with Crippen molar-refractivity contribution in [1.82, 2.24) is 15.1 Å². The maximum absolute atomic E-state index is 12.4. The molecule has 20 heavy (non-hydrogen) atoms. The van der Waals surface area contributed by atoms with Crippen molar-refractivity contribution < 1.29 is 4.79 Å². The number of piperidine rings is 2. The van der Waals surface area contributed by atoms with Crippen molar-refractivity contribution in [3.63, 3.8) is 0 Å². The number of rotatable bonds is 5. The zero-order valence-electron chi connectivity index (χ0n) is 12.6. The number of nitrogens with one attached hydrogen (secondary N) is 1. The molecular formula is C16H29N3O. The Balaban J connectivity index is 1.49. The molecule has 2 saturated heterocycles. The van der Waals surface area contributed by atoms with Crippen LogP contribution in [0, 0.1) is 0 Å². The quantitative estimate of drug-likeness (QED) is 0.830. The van der Waals surface area contributed by atoms with Crippen molar-refractivity contribution in [2.24, 2.45) is 0 Å². The lowest BCUT2D eigenvalue weighted by Gasteiger charge is -2.33. The molecule has 1 N–H and O–H groups in total. The second kappa shape index (κ2) is 6.90. The number of nitrogens with zero attached hydrogens (tertiary/aromatic N) is 2. The Labute approximate surface area is 122 Å². The molecule has 3 fully saturated rings. The summed E-state index contributed by atoms with van der Waals surface area (Å²) in [6, 6.07) is 1.30. The Kier molecular flexibility index (Phi) is 4.94. The van der Waals surface area contributed by atoms with Crippen LogP contribution < -0.4 is 5.32 Å². The van der Waals surface area contributed by atoms with Crippen molar-refractivity contribution in [2.45, 2.75) is 63.5 Å². The molecule has 0 radical (unpaired) electrons. The van der Waals surface area contributed by atoms with Gasteiger partial charge in [-0.2, -0.15) is 0 Å². The van der Waals surface area contributed by atoms with E-state index in [-0.39, 0.29) is 0 Å². The topological polar surface area (TPSA) is 35.6 Å². The summed E-state index contributed by atoms with van der Waals surface area (Å²) in [7, 11) is 0. The van der Waals surface area contributed by atoms with Crippen molar-refractivity contribution in [2.75, 3.05) is 32.7 Å². The van der Waals surface area contributed by atoms with Crippen LogP contribution in [0.3, 0.4) is 0 Å². The van der Waals surface area contributed by atoms with Crippen LogP contribution in [0.25, 0.3) is 0 Å². The summed E-state index contributed by atoms with van der Waals surface area (Å²) in [5, 5.41) is 3.62. The van der Waals surface area contributed by atoms with Crippen LogP contribution in [0.15, 0.2) is 0 Å². The number of likely N-dealkylation sites (tertiary alicyclic amines) is 1. The second-order valence-corrected chi connectivity index (χ2v) is 6.75. The maximum atomic E-state index is 12.4. The summed E-state index contributed by atoms with van der Waals surface area (Å²) in [6.07, 6.45) is 10.2. The molecule has 0 bridgehead atoms. The van der Waals surface area contributed by atoms with Gasteiger partial charge >= 0.3 is 0 Å². The SMILES string of the molecule is O=C(CN(CC1CCCCN1)C1CC1)N1CCCCC1. The van der Waals surface area contributed by atoms with E-state index in [2.05, 4.69) is 15.1 Å². The summed E-state index contributed by atoms with van der Waals surface area (Å²) in [5.74, 6) is 0.368. The highest BCUT2D eigenvalue weighted by molar-refractivity contribution is 5.78. The van der Waals surface area contributed by atoms with Gasteiger partial charge in [0.15, 0.2) is 0 Å². The van der Waals surface area contributed by atoms with Gasteiger partial charge in [-0.05, 0) is 51.5 Å². The van der Waals surface area contributed by atoms with Gasteiger partial charge in [0.1, 0.15) is 0 Å². The third-order valence-corrected chi connectivity index (χ3v) is 4.98. The van der Waals surface area contributed by atoms with Crippen LogP contribution in [0.2, 0.25) is 0 Å². The van der Waals surface area contributed by atoms with Crippen LogP contribution in [0.4, 0.5) is 0 Å². The molecule has 0 aromatic rings. The third-order valence-electron chi connectivity index (χ3n) is 4.98. The highest BCUT2D eigenvalue weighted by Crippen LogP contribution is 2.27. The fourth-order valence-electron chi connectivity index (χ4n) is 3.56. The lowest BCUT2D eigenvalue weighted by molar-refractivity contribution is -0.133. The van der Waals surface area contributed by atoms with Gasteiger partial charge in [0.2, 0.25) is 5.91 Å². The summed E-state index contributed by atoms with van der Waals surface area (Å²) in [5.41, 5.74) is 0. The van der Waals surface area contributed by atoms with Gasteiger partial charge in [0.05, 0.1) is 6.54 Å². The Morgan fingerprint density at radius 2 is 1.85 bits per heavy atom. The van der Waals surface area contributed by atoms with E-state index < -0.39 is 0 Å². The molecule has 4 heteroatoms. The number of carbonyl (C=O) groups is 1. The summed E-state index contributed by atoms with van der Waals surface area (Å²) >= 11 is 0. The first-order valence-corrected chi connectivity index (χ1v) is 8.58. The molecule has 1 atom stereocenters. The Hall–Kier alpha value is -0.610. The van der Waals surface area contributed by atoms with Gasteiger partial charge in [-0.3, -0.25) is 9.69 Å². The fourth-order valence-corrected chi connectivity index (χ4v) is 3.56. The number of amides is 1. The van der Waals surface area contributed by atoms with Crippen molar-refractivity contribution in [3.05, 3.63) is 0 Å². The van der Waals surface area contributed by atoms with Gasteiger partial charge < -0.3 is 10.2 Å². The minimum atomic E-state index is 0.368.